The van der Waals surface area contributed by atoms with Crippen molar-refractivity contribution in [3.8, 4) is 17.2 Å². The Morgan fingerprint density at radius 3 is 2.34 bits per heavy atom. The zero-order chi connectivity index (χ0) is 22.2. The maximum Gasteiger partial charge on any atom is 0.162 e. The van der Waals surface area contributed by atoms with Crippen molar-refractivity contribution in [2.24, 2.45) is 0 Å². The summed E-state index contributed by atoms with van der Waals surface area (Å²) in [5, 5.41) is 5.65. The summed E-state index contributed by atoms with van der Waals surface area (Å²) >= 11 is 1.72. The topological polar surface area (TPSA) is 56.8 Å². The van der Waals surface area contributed by atoms with Crippen molar-refractivity contribution in [1.29, 1.82) is 0 Å². The Balaban J connectivity index is 1.66. The molecule has 0 saturated carbocycles. The van der Waals surface area contributed by atoms with Crippen LogP contribution in [0.5, 0.6) is 17.2 Å². The highest BCUT2D eigenvalue weighted by Crippen LogP contribution is 2.50. The number of hydrogen-bond donors (Lipinski definition) is 1. The Hall–Kier alpha value is -3.25. The van der Waals surface area contributed by atoms with Crippen LogP contribution in [0.25, 0.3) is 0 Å². The predicted octanol–water partition coefficient (Wildman–Crippen LogP) is 5.73. The van der Waals surface area contributed by atoms with Gasteiger partial charge in [0.2, 0.25) is 0 Å². The van der Waals surface area contributed by atoms with Gasteiger partial charge in [0.05, 0.1) is 21.3 Å². The van der Waals surface area contributed by atoms with E-state index in [-0.39, 0.29) is 17.6 Å². The molecule has 0 radical (unpaired) electrons. The number of ether oxygens (including phenoxy) is 3. The summed E-state index contributed by atoms with van der Waals surface area (Å²) in [4.78, 5) is 14.8. The third-order valence-electron chi connectivity index (χ3n) is 6.34. The molecule has 1 aromatic heterocycles. The lowest BCUT2D eigenvalue weighted by atomic mass is 9.73. The van der Waals surface area contributed by atoms with E-state index in [0.29, 0.717) is 17.9 Å². The molecule has 3 aromatic rings. The second-order valence-electron chi connectivity index (χ2n) is 8.06. The number of hydrogen-bond acceptors (Lipinski definition) is 6. The summed E-state index contributed by atoms with van der Waals surface area (Å²) in [6, 6.07) is 16.1. The van der Waals surface area contributed by atoms with Gasteiger partial charge in [0.1, 0.15) is 5.75 Å². The molecule has 1 aliphatic heterocycles. The Bertz CT molecular complexity index is 1180. The average Bonchev–Trinajstić information content (AvgIpc) is 3.37. The number of allylic oxidation sites excluding steroid dienone is 2. The zero-order valence-electron chi connectivity index (χ0n) is 18.3. The Morgan fingerprint density at radius 1 is 0.938 bits per heavy atom. The highest BCUT2D eigenvalue weighted by molar-refractivity contribution is 7.10. The number of benzene rings is 2. The fourth-order valence-electron chi connectivity index (χ4n) is 4.81. The minimum atomic E-state index is -0.177. The summed E-state index contributed by atoms with van der Waals surface area (Å²) in [7, 11) is 4.92. The molecule has 0 amide bonds. The SMILES string of the molecule is COc1ccc([C@H]2C3=C(C[C@@H](c4cccs4)CC3=O)Nc3cc(OC)c(OC)cc32)cc1. The molecule has 0 bridgehead atoms. The second-order valence-corrected chi connectivity index (χ2v) is 9.04. The molecule has 2 heterocycles. The molecule has 0 saturated heterocycles. The quantitative estimate of drug-likeness (QED) is 0.541. The van der Waals surface area contributed by atoms with Crippen LogP contribution in [-0.2, 0) is 4.79 Å². The standard InChI is InChI=1S/C26H25NO4S/c1-29-17-8-6-15(7-9-17)25-18-13-22(30-2)23(31-3)14-19(18)27-20-11-16(12-21(28)26(20)25)24-5-4-10-32-24/h4-10,13-14,16,25,27H,11-12H2,1-3H3/t16-,25-/m1/s1. The summed E-state index contributed by atoms with van der Waals surface area (Å²) in [5.41, 5.74) is 4.86. The lowest BCUT2D eigenvalue weighted by molar-refractivity contribution is -0.116. The van der Waals surface area contributed by atoms with Crippen molar-refractivity contribution in [1.82, 2.24) is 0 Å². The number of carbonyl (C=O) groups excluding carboxylic acids is 1. The van der Waals surface area contributed by atoms with Crippen molar-refractivity contribution in [3.05, 3.63) is 81.2 Å². The predicted molar refractivity (Wildman–Crippen MR) is 126 cm³/mol. The van der Waals surface area contributed by atoms with E-state index >= 15 is 0 Å². The molecular weight excluding hydrogens is 422 g/mol. The van der Waals surface area contributed by atoms with Gasteiger partial charge in [-0.05, 0) is 47.2 Å². The first-order valence-corrected chi connectivity index (χ1v) is 11.5. The molecule has 0 fully saturated rings. The highest BCUT2D eigenvalue weighted by Gasteiger charge is 2.39. The molecule has 0 spiro atoms. The molecule has 6 heteroatoms. The number of Topliss-reactive ketones (excluding diaryl/α,β-unsaturated/α-hetero) is 1. The number of anilines is 1. The van der Waals surface area contributed by atoms with Crippen LogP contribution in [0.2, 0.25) is 0 Å². The number of nitrogens with one attached hydrogen (secondary N) is 1. The van der Waals surface area contributed by atoms with Gasteiger partial charge in [-0.2, -0.15) is 0 Å². The first-order valence-electron chi connectivity index (χ1n) is 10.6. The average molecular weight is 448 g/mol. The molecule has 1 N–H and O–H groups in total. The molecule has 0 unspecified atom stereocenters. The van der Waals surface area contributed by atoms with Crippen LogP contribution in [0.15, 0.2) is 65.2 Å². The summed E-state index contributed by atoms with van der Waals surface area (Å²) in [5.74, 6) is 2.31. The van der Waals surface area contributed by atoms with Crippen LogP contribution in [0.1, 0.15) is 40.7 Å². The molecular formula is C26H25NO4S. The Labute approximate surface area is 191 Å². The van der Waals surface area contributed by atoms with Crippen molar-refractivity contribution >= 4 is 22.8 Å². The molecule has 5 nitrogen and oxygen atoms in total. The number of ketones is 1. The van der Waals surface area contributed by atoms with E-state index in [0.717, 1.165) is 40.3 Å². The molecule has 32 heavy (non-hydrogen) atoms. The largest absolute Gasteiger partial charge is 0.497 e. The minimum absolute atomic E-state index is 0.177. The van der Waals surface area contributed by atoms with E-state index < -0.39 is 0 Å². The number of methoxy groups -OCH3 is 3. The van der Waals surface area contributed by atoms with Crippen LogP contribution in [0.4, 0.5) is 5.69 Å². The molecule has 1 aliphatic carbocycles. The maximum atomic E-state index is 13.6. The molecule has 2 aliphatic rings. The number of carbonyl (C=O) groups is 1. The van der Waals surface area contributed by atoms with Crippen molar-refractivity contribution < 1.29 is 19.0 Å². The van der Waals surface area contributed by atoms with Gasteiger partial charge in [-0.15, -0.1) is 11.3 Å². The van der Waals surface area contributed by atoms with Gasteiger partial charge in [0.25, 0.3) is 0 Å². The van der Waals surface area contributed by atoms with E-state index in [1.54, 1.807) is 32.7 Å². The summed E-state index contributed by atoms with van der Waals surface area (Å²) in [6.07, 6.45) is 1.33. The monoisotopic (exact) mass is 447 g/mol. The third kappa shape index (κ3) is 3.45. The van der Waals surface area contributed by atoms with Gasteiger partial charge in [-0.3, -0.25) is 4.79 Å². The number of thiophene rings is 1. The van der Waals surface area contributed by atoms with E-state index in [1.165, 1.54) is 4.88 Å². The number of fused-ring (bicyclic) bond motifs is 1. The van der Waals surface area contributed by atoms with Gasteiger partial charge >= 0.3 is 0 Å². The van der Waals surface area contributed by atoms with Crippen LogP contribution in [-0.4, -0.2) is 27.1 Å². The molecule has 2 aromatic carbocycles. The minimum Gasteiger partial charge on any atom is -0.497 e. The molecule has 2 atom stereocenters. The smallest absolute Gasteiger partial charge is 0.162 e. The normalized spacial score (nSPS) is 19.7. The van der Waals surface area contributed by atoms with Gasteiger partial charge in [-0.1, -0.05) is 18.2 Å². The first-order chi connectivity index (χ1) is 15.6. The van der Waals surface area contributed by atoms with Gasteiger partial charge in [0.15, 0.2) is 17.3 Å². The van der Waals surface area contributed by atoms with E-state index in [2.05, 4.69) is 22.8 Å². The van der Waals surface area contributed by atoms with E-state index in [4.69, 9.17) is 14.2 Å². The van der Waals surface area contributed by atoms with Gasteiger partial charge < -0.3 is 19.5 Å². The van der Waals surface area contributed by atoms with Crippen molar-refractivity contribution in [3.63, 3.8) is 0 Å². The lowest BCUT2D eigenvalue weighted by Gasteiger charge is -2.36. The molecule has 5 rings (SSSR count). The Morgan fingerprint density at radius 2 is 1.69 bits per heavy atom. The lowest BCUT2D eigenvalue weighted by Crippen LogP contribution is -2.29. The van der Waals surface area contributed by atoms with Crippen molar-refractivity contribution in [2.75, 3.05) is 26.6 Å². The molecule has 164 valence electrons. The van der Waals surface area contributed by atoms with Gasteiger partial charge in [-0.25, -0.2) is 0 Å². The fraction of sp³-hybridized carbons (Fsp3) is 0.269. The zero-order valence-corrected chi connectivity index (χ0v) is 19.1. The highest BCUT2D eigenvalue weighted by atomic mass is 32.1. The van der Waals surface area contributed by atoms with Crippen LogP contribution in [0, 0.1) is 0 Å². The fourth-order valence-corrected chi connectivity index (χ4v) is 5.64. The first kappa shape index (κ1) is 20.6. The summed E-state index contributed by atoms with van der Waals surface area (Å²) in [6.45, 7) is 0. The van der Waals surface area contributed by atoms with Crippen molar-refractivity contribution in [2.45, 2.75) is 24.7 Å². The summed E-state index contributed by atoms with van der Waals surface area (Å²) < 4.78 is 16.5. The van der Waals surface area contributed by atoms with E-state index in [9.17, 15) is 4.79 Å². The third-order valence-corrected chi connectivity index (χ3v) is 7.38. The van der Waals surface area contributed by atoms with Crippen LogP contribution >= 0.6 is 11.3 Å². The van der Waals surface area contributed by atoms with E-state index in [1.807, 2.05) is 36.4 Å². The second kappa shape index (κ2) is 8.36. The maximum absolute atomic E-state index is 13.6. The van der Waals surface area contributed by atoms with Crippen LogP contribution in [0.3, 0.4) is 0 Å². The Kier molecular flexibility index (Phi) is 5.39. The number of rotatable bonds is 5. The van der Waals surface area contributed by atoms with Crippen LogP contribution < -0.4 is 19.5 Å². The van der Waals surface area contributed by atoms with Gasteiger partial charge in [0, 0.05) is 46.2 Å².